The molecule has 1 aromatic carbocycles. The van der Waals surface area contributed by atoms with E-state index in [4.69, 9.17) is 28.3 Å². The first-order valence-corrected chi connectivity index (χ1v) is 16.1. The maximum atomic E-state index is 14.8. The predicted molar refractivity (Wildman–Crippen MR) is 168 cm³/mol. The normalized spacial score (nSPS) is 23.3. The van der Waals surface area contributed by atoms with Crippen molar-refractivity contribution in [3.63, 3.8) is 0 Å². The molecule has 42 heavy (non-hydrogen) atoms. The fourth-order valence-electron chi connectivity index (χ4n) is 5.82. The number of pyridine rings is 1. The van der Waals surface area contributed by atoms with Crippen LogP contribution in [0.5, 0.6) is 0 Å². The van der Waals surface area contributed by atoms with E-state index in [0.717, 1.165) is 16.5 Å². The van der Waals surface area contributed by atoms with Crippen molar-refractivity contribution in [2.45, 2.75) is 56.7 Å². The van der Waals surface area contributed by atoms with E-state index >= 15 is 0 Å². The lowest BCUT2D eigenvalue weighted by Gasteiger charge is -2.48. The average molecular weight is 586 g/mol. The molecule has 1 N–H and O–H groups in total. The zero-order valence-electron chi connectivity index (χ0n) is 24.4. The Morgan fingerprint density at radius 2 is 1.90 bits per heavy atom. The summed E-state index contributed by atoms with van der Waals surface area (Å²) in [4.78, 5) is 17.6. The van der Waals surface area contributed by atoms with E-state index in [0.29, 0.717) is 37.1 Å². The van der Waals surface area contributed by atoms with Crippen LogP contribution in [0.1, 0.15) is 38.7 Å². The highest BCUT2D eigenvalue weighted by Gasteiger charge is 2.38. The number of fused-ring (bicyclic) bond motifs is 1. The molecule has 0 bridgehead atoms. The highest BCUT2D eigenvalue weighted by Crippen LogP contribution is 2.39. The minimum absolute atomic E-state index is 0.0128. The molecule has 4 heterocycles. The highest BCUT2D eigenvalue weighted by atomic mass is 32.2. The van der Waals surface area contributed by atoms with E-state index < -0.39 is 27.4 Å². The molecule has 0 amide bonds. The zero-order chi connectivity index (χ0) is 30.4. The number of alkyl halides is 1. The topological polar surface area (TPSA) is 101 Å². The van der Waals surface area contributed by atoms with Gasteiger partial charge in [0, 0.05) is 54.8 Å². The quantitative estimate of drug-likeness (QED) is 0.380. The van der Waals surface area contributed by atoms with Crippen LogP contribution in [-0.4, -0.2) is 102 Å². The minimum atomic E-state index is -3.04. The van der Waals surface area contributed by atoms with Gasteiger partial charge < -0.3 is 19.9 Å². The summed E-state index contributed by atoms with van der Waals surface area (Å²) in [5.74, 6) is 2.07. The smallest absolute Gasteiger partial charge is 0.227 e. The van der Waals surface area contributed by atoms with Crippen LogP contribution < -0.4 is 15.1 Å². The van der Waals surface area contributed by atoms with Crippen LogP contribution in [0.2, 0.25) is 0 Å². The Kier molecular flexibility index (Phi) is 8.50. The van der Waals surface area contributed by atoms with E-state index in [-0.39, 0.29) is 30.2 Å². The maximum Gasteiger partial charge on any atom is 0.227 e. The second kappa shape index (κ2) is 11.7. The van der Waals surface area contributed by atoms with Crippen molar-refractivity contribution < 1.29 is 17.5 Å². The van der Waals surface area contributed by atoms with Crippen LogP contribution in [0.15, 0.2) is 36.7 Å². The Morgan fingerprint density at radius 3 is 2.55 bits per heavy atom. The van der Waals surface area contributed by atoms with Gasteiger partial charge in [0.25, 0.3) is 0 Å². The van der Waals surface area contributed by atoms with Crippen LogP contribution in [0.25, 0.3) is 10.8 Å². The predicted octanol–water partition coefficient (Wildman–Crippen LogP) is 2.81. The highest BCUT2D eigenvalue weighted by molar-refractivity contribution is 7.90. The van der Waals surface area contributed by atoms with E-state index in [9.17, 15) is 12.8 Å². The molecule has 3 aromatic rings. The number of aromatic nitrogens is 3. The van der Waals surface area contributed by atoms with Crippen LogP contribution >= 0.6 is 0 Å². The Labute approximate surface area is 251 Å². The molecule has 2 saturated heterocycles. The Bertz CT molecular complexity index is 1560. The zero-order valence-corrected chi connectivity index (χ0v) is 25.2. The summed E-state index contributed by atoms with van der Waals surface area (Å²) in [6.45, 7) is 7.50. The number of hydrogen-bond acceptors (Lipinski definition) is 9. The van der Waals surface area contributed by atoms with Crippen molar-refractivity contribution in [1.82, 2.24) is 15.0 Å². The van der Waals surface area contributed by atoms with E-state index in [1.54, 1.807) is 17.2 Å². The fourth-order valence-corrected chi connectivity index (χ4v) is 6.98. The summed E-state index contributed by atoms with van der Waals surface area (Å²) >= 11 is 0. The average Bonchev–Trinajstić information content (AvgIpc) is 2.90. The summed E-state index contributed by atoms with van der Waals surface area (Å²) < 4.78 is 43.7. The van der Waals surface area contributed by atoms with E-state index in [1.807, 2.05) is 12.3 Å². The number of piperidine rings is 1. The Morgan fingerprint density at radius 1 is 1.14 bits per heavy atom. The molecule has 5 rings (SSSR count). The summed E-state index contributed by atoms with van der Waals surface area (Å²) in [5, 5.41) is 3.45. The van der Waals surface area contributed by atoms with Crippen molar-refractivity contribution in [2.75, 3.05) is 46.8 Å². The van der Waals surface area contributed by atoms with Crippen LogP contribution in [0.4, 0.5) is 27.7 Å². The van der Waals surface area contributed by atoms with Crippen LogP contribution in [0, 0.1) is 5.92 Å². The molecule has 0 unspecified atom stereocenters. The molecule has 0 spiro atoms. The van der Waals surface area contributed by atoms with E-state index in [2.05, 4.69) is 58.1 Å². The molecule has 2 aliphatic rings. The van der Waals surface area contributed by atoms with Gasteiger partial charge in [0.15, 0.2) is 0 Å². The van der Waals surface area contributed by atoms with Gasteiger partial charge in [-0.15, -0.1) is 0 Å². The molecule has 6 radical (unpaired) electrons. The molecule has 2 aliphatic heterocycles. The summed E-state index contributed by atoms with van der Waals surface area (Å²) in [6, 6.07) is 8.09. The third-order valence-electron chi connectivity index (χ3n) is 7.98. The van der Waals surface area contributed by atoms with Crippen molar-refractivity contribution in [1.29, 1.82) is 0 Å². The largest absolute Gasteiger partial charge is 0.396 e. The van der Waals surface area contributed by atoms with Gasteiger partial charge in [-0.25, -0.2) is 22.8 Å². The van der Waals surface area contributed by atoms with E-state index in [1.165, 1.54) is 11.8 Å². The molecular formula is C28H34B3FN6O3S. The van der Waals surface area contributed by atoms with Gasteiger partial charge in [0.2, 0.25) is 5.95 Å². The van der Waals surface area contributed by atoms with Gasteiger partial charge in [-0.05, 0) is 53.7 Å². The molecular weight excluding hydrogens is 552 g/mol. The number of anilines is 4. The lowest BCUT2D eigenvalue weighted by Crippen LogP contribution is -2.57. The lowest BCUT2D eigenvalue weighted by molar-refractivity contribution is -0.0185. The van der Waals surface area contributed by atoms with Crippen molar-refractivity contribution in [3.05, 3.63) is 42.2 Å². The van der Waals surface area contributed by atoms with Gasteiger partial charge in [0.05, 0.1) is 41.9 Å². The Balaban J connectivity index is 1.35. The van der Waals surface area contributed by atoms with Gasteiger partial charge in [-0.1, -0.05) is 19.9 Å². The van der Waals surface area contributed by atoms with Gasteiger partial charge in [0.1, 0.15) is 27.6 Å². The van der Waals surface area contributed by atoms with Crippen molar-refractivity contribution in [2.24, 2.45) is 5.92 Å². The summed E-state index contributed by atoms with van der Waals surface area (Å²) in [6.07, 6.45) is 2.90. The van der Waals surface area contributed by atoms with Crippen LogP contribution in [0.3, 0.4) is 0 Å². The molecule has 14 heteroatoms. The monoisotopic (exact) mass is 586 g/mol. The fraction of sp³-hybridized carbons (Fsp3) is 0.536. The number of halogens is 1. The second-order valence-electron chi connectivity index (χ2n) is 11.8. The third kappa shape index (κ3) is 6.85. The number of rotatable bonds is 9. The lowest BCUT2D eigenvalue weighted by atomic mass is 9.52. The molecule has 216 valence electrons. The number of sulfone groups is 1. The standard InChI is InChI=1S/C28H34B3FN6O3S/c1-16(2)19-5-6-23(38-13-18(17(38)3)15-42(4,39)40)21-12-34-26(11-20(19)21)35-25-7-9-33-27(36-25)37-10-8-24(22(32)14-37)41-28(29,30)31/h5-7,9,11-12,16-18,22,24H,8,10,13-15H2,1-4H3,(H,33,34,35,36)/t17-,18-,22-,24+/m1/s1. The van der Waals surface area contributed by atoms with Gasteiger partial charge in [-0.3, -0.25) is 0 Å². The molecule has 2 fully saturated rings. The molecule has 2 aromatic heterocycles. The van der Waals surface area contributed by atoms with Gasteiger partial charge >= 0.3 is 0 Å². The molecule has 0 aliphatic carbocycles. The number of ether oxygens (including phenoxy) is 1. The molecule has 9 nitrogen and oxygen atoms in total. The summed E-state index contributed by atoms with van der Waals surface area (Å²) in [5.41, 5.74) is 2.22. The number of hydrogen-bond donors (Lipinski definition) is 1. The minimum Gasteiger partial charge on any atom is -0.396 e. The summed E-state index contributed by atoms with van der Waals surface area (Å²) in [7, 11) is 13.4. The SMILES string of the molecule is [B]C([B])([B])O[C@H]1CCN(c2nccc(Nc3cc4c(C(C)C)ccc(N5C[C@H](CS(C)(=O)=O)[C@H]5C)c4cn3)n2)C[C@H]1F. The van der Waals surface area contributed by atoms with Crippen molar-refractivity contribution in [3.8, 4) is 0 Å². The maximum absolute atomic E-state index is 14.8. The number of nitrogens with one attached hydrogen (secondary N) is 1. The van der Waals surface area contributed by atoms with Crippen LogP contribution in [-0.2, 0) is 14.6 Å². The first-order valence-electron chi connectivity index (χ1n) is 14.1. The Hall–Kier alpha value is -2.86. The number of nitrogens with zero attached hydrogens (tertiary/aromatic N) is 5. The second-order valence-corrected chi connectivity index (χ2v) is 14.0. The molecule has 4 atom stereocenters. The van der Waals surface area contributed by atoms with Crippen molar-refractivity contribution >= 4 is 67.4 Å². The number of benzene rings is 1. The van der Waals surface area contributed by atoms with Gasteiger partial charge in [-0.2, -0.15) is 4.98 Å². The first-order chi connectivity index (χ1) is 19.7. The third-order valence-corrected chi connectivity index (χ3v) is 9.02. The molecule has 0 saturated carbocycles. The first kappa shape index (κ1) is 30.6.